The van der Waals surface area contributed by atoms with Crippen LogP contribution in [0.15, 0.2) is 24.5 Å². The maximum absolute atomic E-state index is 12.2. The summed E-state index contributed by atoms with van der Waals surface area (Å²) in [5.41, 5.74) is 0.477. The average molecular weight is 276 g/mol. The molecule has 2 rings (SSSR count). The Bertz CT molecular complexity index is 494. The maximum atomic E-state index is 12.2. The predicted octanol–water partition coefficient (Wildman–Crippen LogP) is 2.41. The standard InChI is InChI=1S/C15H20N2O3/c1-15(2,3)20-14(19)17-9-6-12(13(17)18)10-11-4-7-16-8-5-11/h4-5,7-8,12H,6,9-10H2,1-3H3. The number of hydrogen-bond acceptors (Lipinski definition) is 4. The van der Waals surface area contributed by atoms with Gasteiger partial charge in [-0.1, -0.05) is 0 Å². The minimum atomic E-state index is -0.583. The molecule has 20 heavy (non-hydrogen) atoms. The Morgan fingerprint density at radius 2 is 2.05 bits per heavy atom. The van der Waals surface area contributed by atoms with E-state index >= 15 is 0 Å². The molecular weight excluding hydrogens is 256 g/mol. The van der Waals surface area contributed by atoms with Gasteiger partial charge in [-0.15, -0.1) is 0 Å². The number of imide groups is 1. The number of hydrogen-bond donors (Lipinski definition) is 0. The maximum Gasteiger partial charge on any atom is 0.417 e. The van der Waals surface area contributed by atoms with Crippen LogP contribution < -0.4 is 0 Å². The van der Waals surface area contributed by atoms with Crippen LogP contribution in [0.4, 0.5) is 4.79 Å². The molecule has 0 radical (unpaired) electrons. The number of aromatic nitrogens is 1. The van der Waals surface area contributed by atoms with Crippen LogP contribution >= 0.6 is 0 Å². The summed E-state index contributed by atoms with van der Waals surface area (Å²) in [6.07, 6.45) is 4.20. The number of pyridine rings is 1. The Labute approximate surface area is 118 Å². The molecule has 108 valence electrons. The largest absolute Gasteiger partial charge is 0.443 e. The molecule has 0 saturated carbocycles. The zero-order valence-corrected chi connectivity index (χ0v) is 12.1. The number of likely N-dealkylation sites (tertiary alicyclic amines) is 1. The van der Waals surface area contributed by atoms with Gasteiger partial charge < -0.3 is 4.74 Å². The lowest BCUT2D eigenvalue weighted by Crippen LogP contribution is -2.38. The topological polar surface area (TPSA) is 59.5 Å². The molecule has 1 aromatic rings. The third-order valence-corrected chi connectivity index (χ3v) is 3.16. The predicted molar refractivity (Wildman–Crippen MR) is 74.0 cm³/mol. The summed E-state index contributed by atoms with van der Waals surface area (Å²) in [5.74, 6) is -0.291. The summed E-state index contributed by atoms with van der Waals surface area (Å²) in [4.78, 5) is 29.4. The van der Waals surface area contributed by atoms with Gasteiger partial charge in [-0.3, -0.25) is 9.78 Å². The number of amides is 2. The van der Waals surface area contributed by atoms with E-state index in [2.05, 4.69) is 4.98 Å². The second-order valence-electron chi connectivity index (χ2n) is 6.02. The van der Waals surface area contributed by atoms with Gasteiger partial charge in [0.25, 0.3) is 0 Å². The summed E-state index contributed by atoms with van der Waals surface area (Å²) < 4.78 is 5.25. The van der Waals surface area contributed by atoms with Crippen LogP contribution in [0.1, 0.15) is 32.8 Å². The zero-order chi connectivity index (χ0) is 14.8. The molecule has 5 nitrogen and oxygen atoms in total. The fraction of sp³-hybridized carbons (Fsp3) is 0.533. The molecule has 2 amide bonds. The van der Waals surface area contributed by atoms with E-state index < -0.39 is 11.7 Å². The first kappa shape index (κ1) is 14.5. The Morgan fingerprint density at radius 1 is 1.40 bits per heavy atom. The monoisotopic (exact) mass is 276 g/mol. The Hall–Kier alpha value is -1.91. The van der Waals surface area contributed by atoms with Gasteiger partial charge in [-0.05, 0) is 51.3 Å². The summed E-state index contributed by atoms with van der Waals surface area (Å²) in [5, 5.41) is 0. The van der Waals surface area contributed by atoms with Gasteiger partial charge >= 0.3 is 6.09 Å². The molecule has 1 unspecified atom stereocenters. The minimum absolute atomic E-state index is 0.143. The molecule has 0 aromatic carbocycles. The van der Waals surface area contributed by atoms with Crippen molar-refractivity contribution in [1.82, 2.24) is 9.88 Å². The Balaban J connectivity index is 1.97. The molecule has 1 aliphatic rings. The summed E-state index contributed by atoms with van der Waals surface area (Å²) in [6, 6.07) is 3.78. The van der Waals surface area contributed by atoms with E-state index in [1.165, 1.54) is 4.90 Å². The van der Waals surface area contributed by atoms with Crippen molar-refractivity contribution in [3.8, 4) is 0 Å². The lowest BCUT2D eigenvalue weighted by molar-refractivity contribution is -0.130. The van der Waals surface area contributed by atoms with Crippen molar-refractivity contribution >= 4 is 12.0 Å². The van der Waals surface area contributed by atoms with Crippen LogP contribution in [0.2, 0.25) is 0 Å². The van der Waals surface area contributed by atoms with Crippen LogP contribution in [0, 0.1) is 5.92 Å². The van der Waals surface area contributed by atoms with E-state index in [1.54, 1.807) is 33.2 Å². The molecule has 0 bridgehead atoms. The van der Waals surface area contributed by atoms with E-state index in [-0.39, 0.29) is 11.8 Å². The van der Waals surface area contributed by atoms with Crippen molar-refractivity contribution in [3.05, 3.63) is 30.1 Å². The van der Waals surface area contributed by atoms with Crippen molar-refractivity contribution < 1.29 is 14.3 Å². The number of ether oxygens (including phenoxy) is 1. The first-order valence-electron chi connectivity index (χ1n) is 6.80. The smallest absolute Gasteiger partial charge is 0.417 e. The SMILES string of the molecule is CC(C)(C)OC(=O)N1CCC(Cc2ccncc2)C1=O. The van der Waals surface area contributed by atoms with E-state index in [9.17, 15) is 9.59 Å². The van der Waals surface area contributed by atoms with Crippen LogP contribution in [-0.2, 0) is 16.0 Å². The second kappa shape index (κ2) is 5.61. The lowest BCUT2D eigenvalue weighted by Gasteiger charge is -2.23. The second-order valence-corrected chi connectivity index (χ2v) is 6.02. The van der Waals surface area contributed by atoms with E-state index in [4.69, 9.17) is 4.74 Å². The third kappa shape index (κ3) is 3.56. The summed E-state index contributed by atoms with van der Waals surface area (Å²) in [6.45, 7) is 5.81. The number of carbonyl (C=O) groups is 2. The third-order valence-electron chi connectivity index (χ3n) is 3.16. The van der Waals surface area contributed by atoms with Crippen LogP contribution in [0.25, 0.3) is 0 Å². The van der Waals surface area contributed by atoms with Crippen molar-refractivity contribution in [2.75, 3.05) is 6.54 Å². The number of nitrogens with zero attached hydrogens (tertiary/aromatic N) is 2. The quantitative estimate of drug-likeness (QED) is 0.832. The Morgan fingerprint density at radius 3 is 2.65 bits per heavy atom. The van der Waals surface area contributed by atoms with Gasteiger partial charge in [-0.25, -0.2) is 9.69 Å². The highest BCUT2D eigenvalue weighted by Gasteiger charge is 2.37. The highest BCUT2D eigenvalue weighted by atomic mass is 16.6. The average Bonchev–Trinajstić information content (AvgIpc) is 2.70. The summed E-state index contributed by atoms with van der Waals surface area (Å²) >= 11 is 0. The lowest BCUT2D eigenvalue weighted by atomic mass is 9.99. The highest BCUT2D eigenvalue weighted by molar-refractivity contribution is 5.95. The normalized spacial score (nSPS) is 19.2. The van der Waals surface area contributed by atoms with E-state index in [0.717, 1.165) is 5.56 Å². The molecular formula is C15H20N2O3. The van der Waals surface area contributed by atoms with Gasteiger partial charge in [0.2, 0.25) is 5.91 Å². The van der Waals surface area contributed by atoms with Crippen LogP contribution in [0.5, 0.6) is 0 Å². The summed E-state index contributed by atoms with van der Waals surface area (Å²) in [7, 11) is 0. The van der Waals surface area contributed by atoms with Gasteiger partial charge in [0.15, 0.2) is 0 Å². The van der Waals surface area contributed by atoms with Crippen molar-refractivity contribution in [1.29, 1.82) is 0 Å². The molecule has 1 saturated heterocycles. The van der Waals surface area contributed by atoms with E-state index in [0.29, 0.717) is 19.4 Å². The van der Waals surface area contributed by atoms with E-state index in [1.807, 2.05) is 12.1 Å². The van der Waals surface area contributed by atoms with Gasteiger partial charge in [0, 0.05) is 24.9 Å². The molecule has 2 heterocycles. The van der Waals surface area contributed by atoms with Gasteiger partial charge in [-0.2, -0.15) is 0 Å². The number of carbonyl (C=O) groups excluding carboxylic acids is 2. The molecule has 1 aromatic heterocycles. The fourth-order valence-corrected chi connectivity index (χ4v) is 2.23. The van der Waals surface area contributed by atoms with Crippen molar-refractivity contribution in [2.24, 2.45) is 5.92 Å². The molecule has 1 fully saturated rings. The minimum Gasteiger partial charge on any atom is -0.443 e. The van der Waals surface area contributed by atoms with Gasteiger partial charge in [0.1, 0.15) is 5.60 Å². The molecule has 5 heteroatoms. The number of rotatable bonds is 2. The molecule has 0 N–H and O–H groups in total. The van der Waals surface area contributed by atoms with Crippen LogP contribution in [0.3, 0.4) is 0 Å². The fourth-order valence-electron chi connectivity index (χ4n) is 2.23. The van der Waals surface area contributed by atoms with Crippen LogP contribution in [-0.4, -0.2) is 34.0 Å². The zero-order valence-electron chi connectivity index (χ0n) is 12.1. The molecule has 0 aliphatic carbocycles. The van der Waals surface area contributed by atoms with Gasteiger partial charge in [0.05, 0.1) is 0 Å². The van der Waals surface area contributed by atoms with Crippen molar-refractivity contribution in [2.45, 2.75) is 39.2 Å². The first-order chi connectivity index (χ1) is 9.37. The van der Waals surface area contributed by atoms with Crippen molar-refractivity contribution in [3.63, 3.8) is 0 Å². The molecule has 1 aliphatic heterocycles. The highest BCUT2D eigenvalue weighted by Crippen LogP contribution is 2.24. The molecule has 1 atom stereocenters. The first-order valence-corrected chi connectivity index (χ1v) is 6.80. The molecule has 0 spiro atoms. The Kier molecular flexibility index (Phi) is 4.06.